The zero-order valence-corrected chi connectivity index (χ0v) is 10.8. The number of carbonyl (C=O) groups is 2. The van der Waals surface area contributed by atoms with Crippen LogP contribution in [0.1, 0.15) is 36.7 Å². The lowest BCUT2D eigenvalue weighted by Crippen LogP contribution is -2.27. The fourth-order valence-electron chi connectivity index (χ4n) is 1.33. The molecule has 0 heterocycles. The van der Waals surface area contributed by atoms with Crippen molar-refractivity contribution in [2.24, 2.45) is 0 Å². The van der Waals surface area contributed by atoms with E-state index in [-0.39, 0.29) is 5.69 Å². The van der Waals surface area contributed by atoms with Crippen LogP contribution in [0.4, 0.5) is 14.9 Å². The number of ether oxygens (including phenoxy) is 1. The number of anilines is 1. The molecule has 0 fully saturated rings. The monoisotopic (exact) mass is 253 g/mol. The van der Waals surface area contributed by atoms with Gasteiger partial charge in [-0.05, 0) is 45.4 Å². The molecule has 0 saturated heterocycles. The summed E-state index contributed by atoms with van der Waals surface area (Å²) in [6, 6.07) is 2.47. The predicted molar refractivity (Wildman–Crippen MR) is 66.4 cm³/mol. The van der Waals surface area contributed by atoms with Gasteiger partial charge in [-0.2, -0.15) is 0 Å². The lowest BCUT2D eigenvalue weighted by atomic mass is 10.1. The normalized spacial score (nSPS) is 10.9. The van der Waals surface area contributed by atoms with Crippen molar-refractivity contribution in [3.05, 3.63) is 29.1 Å². The number of halogens is 1. The maximum Gasteiger partial charge on any atom is 0.412 e. The number of nitrogens with one attached hydrogen (secondary N) is 1. The summed E-state index contributed by atoms with van der Waals surface area (Å²) < 4.78 is 18.6. The van der Waals surface area contributed by atoms with E-state index in [4.69, 9.17) is 4.74 Å². The first-order chi connectivity index (χ1) is 8.23. The Balaban J connectivity index is 2.91. The number of aryl methyl sites for hydroxylation is 1. The van der Waals surface area contributed by atoms with Crippen LogP contribution in [-0.4, -0.2) is 18.0 Å². The Labute approximate surface area is 105 Å². The Bertz CT molecular complexity index is 478. The highest BCUT2D eigenvalue weighted by Crippen LogP contribution is 2.20. The van der Waals surface area contributed by atoms with Crippen LogP contribution >= 0.6 is 0 Å². The van der Waals surface area contributed by atoms with Gasteiger partial charge in [0.1, 0.15) is 17.7 Å². The van der Waals surface area contributed by atoms with Gasteiger partial charge in [0.05, 0.1) is 5.69 Å². The third-order valence-corrected chi connectivity index (χ3v) is 2.12. The molecule has 0 aliphatic rings. The van der Waals surface area contributed by atoms with E-state index in [0.29, 0.717) is 17.4 Å². The summed E-state index contributed by atoms with van der Waals surface area (Å²) in [5.41, 5.74) is 0.0929. The van der Waals surface area contributed by atoms with Gasteiger partial charge in [0, 0.05) is 5.56 Å². The highest BCUT2D eigenvalue weighted by molar-refractivity contribution is 5.87. The number of aldehydes is 1. The maximum absolute atomic E-state index is 13.6. The van der Waals surface area contributed by atoms with Crippen LogP contribution in [0.3, 0.4) is 0 Å². The second-order valence-corrected chi connectivity index (χ2v) is 4.93. The van der Waals surface area contributed by atoms with Crippen LogP contribution in [-0.2, 0) is 4.74 Å². The molecule has 0 spiro atoms. The molecule has 1 amide bonds. The van der Waals surface area contributed by atoms with Crippen LogP contribution in [0.25, 0.3) is 0 Å². The molecule has 4 nitrogen and oxygen atoms in total. The van der Waals surface area contributed by atoms with Gasteiger partial charge in [-0.3, -0.25) is 10.1 Å². The zero-order chi connectivity index (χ0) is 13.9. The van der Waals surface area contributed by atoms with E-state index in [2.05, 4.69) is 5.32 Å². The molecule has 1 aromatic rings. The summed E-state index contributed by atoms with van der Waals surface area (Å²) in [7, 11) is 0. The molecule has 0 unspecified atom stereocenters. The number of carbonyl (C=O) groups excluding carboxylic acids is 2. The van der Waals surface area contributed by atoms with Gasteiger partial charge < -0.3 is 4.74 Å². The third-order valence-electron chi connectivity index (χ3n) is 2.12. The highest BCUT2D eigenvalue weighted by Gasteiger charge is 2.17. The minimum Gasteiger partial charge on any atom is -0.444 e. The first-order valence-electron chi connectivity index (χ1n) is 5.48. The number of amides is 1. The molecule has 0 saturated carbocycles. The number of hydrogen-bond acceptors (Lipinski definition) is 3. The van der Waals surface area contributed by atoms with Gasteiger partial charge in [0.2, 0.25) is 0 Å². The fourth-order valence-corrected chi connectivity index (χ4v) is 1.33. The second-order valence-electron chi connectivity index (χ2n) is 4.93. The molecule has 0 atom stereocenters. The molecule has 0 aliphatic carbocycles. The maximum atomic E-state index is 13.6. The first kappa shape index (κ1) is 14.2. The smallest absolute Gasteiger partial charge is 0.412 e. The molecule has 0 aliphatic heterocycles. The largest absolute Gasteiger partial charge is 0.444 e. The number of rotatable bonds is 2. The molecule has 1 N–H and O–H groups in total. The second kappa shape index (κ2) is 5.16. The van der Waals surface area contributed by atoms with E-state index in [1.807, 2.05) is 0 Å². The van der Waals surface area contributed by atoms with Crippen molar-refractivity contribution in [3.8, 4) is 0 Å². The summed E-state index contributed by atoms with van der Waals surface area (Å²) in [4.78, 5) is 22.2. The molecule has 0 radical (unpaired) electrons. The highest BCUT2D eigenvalue weighted by atomic mass is 19.1. The van der Waals surface area contributed by atoms with Crippen molar-refractivity contribution in [3.63, 3.8) is 0 Å². The van der Waals surface area contributed by atoms with Crippen molar-refractivity contribution in [1.82, 2.24) is 0 Å². The van der Waals surface area contributed by atoms with Crippen molar-refractivity contribution in [2.75, 3.05) is 5.32 Å². The van der Waals surface area contributed by atoms with Gasteiger partial charge in [-0.15, -0.1) is 0 Å². The van der Waals surface area contributed by atoms with Crippen molar-refractivity contribution in [2.45, 2.75) is 33.3 Å². The summed E-state index contributed by atoms with van der Waals surface area (Å²) in [6.45, 7) is 6.73. The van der Waals surface area contributed by atoms with E-state index >= 15 is 0 Å². The van der Waals surface area contributed by atoms with Crippen LogP contribution in [0.15, 0.2) is 12.1 Å². The van der Waals surface area contributed by atoms with Gasteiger partial charge in [-0.25, -0.2) is 9.18 Å². The first-order valence-corrected chi connectivity index (χ1v) is 5.48. The van der Waals surface area contributed by atoms with Crippen LogP contribution in [0.2, 0.25) is 0 Å². The summed E-state index contributed by atoms with van der Waals surface area (Å²) in [5.74, 6) is -0.607. The lowest BCUT2D eigenvalue weighted by molar-refractivity contribution is 0.0635. The molecule has 18 heavy (non-hydrogen) atoms. The zero-order valence-electron chi connectivity index (χ0n) is 10.8. The molecular formula is C13H16FNO3. The van der Waals surface area contributed by atoms with E-state index in [9.17, 15) is 14.0 Å². The number of benzene rings is 1. The molecular weight excluding hydrogens is 237 g/mol. The van der Waals surface area contributed by atoms with Crippen molar-refractivity contribution < 1.29 is 18.7 Å². The number of hydrogen-bond donors (Lipinski definition) is 1. The quantitative estimate of drug-likeness (QED) is 0.823. The lowest BCUT2D eigenvalue weighted by Gasteiger charge is -2.20. The predicted octanol–water partition coefficient (Wildman–Crippen LogP) is 3.29. The van der Waals surface area contributed by atoms with Gasteiger partial charge in [-0.1, -0.05) is 0 Å². The third kappa shape index (κ3) is 3.84. The standard InChI is InChI=1S/C13H16FNO3/c1-8-5-10(14)11(6-9(8)7-16)15-12(17)18-13(2,3)4/h5-7H,1-4H3,(H,15,17). The van der Waals surface area contributed by atoms with Gasteiger partial charge >= 0.3 is 6.09 Å². The molecule has 0 bridgehead atoms. The average molecular weight is 253 g/mol. The van der Waals surface area contributed by atoms with Gasteiger partial charge in [0.25, 0.3) is 0 Å². The van der Waals surface area contributed by atoms with Crippen molar-refractivity contribution in [1.29, 1.82) is 0 Å². The van der Waals surface area contributed by atoms with E-state index < -0.39 is 17.5 Å². The Morgan fingerprint density at radius 1 is 1.39 bits per heavy atom. The van der Waals surface area contributed by atoms with Crippen molar-refractivity contribution >= 4 is 18.1 Å². The average Bonchev–Trinajstić information content (AvgIpc) is 2.19. The van der Waals surface area contributed by atoms with E-state index in [1.54, 1.807) is 27.7 Å². The molecule has 1 rings (SSSR count). The molecule has 0 aromatic heterocycles. The summed E-state index contributed by atoms with van der Waals surface area (Å²) in [6.07, 6.45) is -0.156. The SMILES string of the molecule is Cc1cc(F)c(NC(=O)OC(C)(C)C)cc1C=O. The van der Waals surface area contributed by atoms with E-state index in [1.165, 1.54) is 12.1 Å². The molecule has 5 heteroatoms. The van der Waals surface area contributed by atoms with Crippen LogP contribution < -0.4 is 5.32 Å². The Kier molecular flexibility index (Phi) is 4.06. The molecule has 98 valence electrons. The molecule has 1 aromatic carbocycles. The van der Waals surface area contributed by atoms with Crippen LogP contribution in [0.5, 0.6) is 0 Å². The Morgan fingerprint density at radius 2 is 2.00 bits per heavy atom. The minimum absolute atomic E-state index is 0.0723. The summed E-state index contributed by atoms with van der Waals surface area (Å²) in [5, 5.41) is 2.27. The Morgan fingerprint density at radius 3 is 2.50 bits per heavy atom. The fraction of sp³-hybridized carbons (Fsp3) is 0.385. The van der Waals surface area contributed by atoms with E-state index in [0.717, 1.165) is 0 Å². The topological polar surface area (TPSA) is 55.4 Å². The van der Waals surface area contributed by atoms with Crippen LogP contribution in [0, 0.1) is 12.7 Å². The summed E-state index contributed by atoms with van der Waals surface area (Å²) >= 11 is 0. The minimum atomic E-state index is -0.762. The van der Waals surface area contributed by atoms with Gasteiger partial charge in [0.15, 0.2) is 0 Å². The Hall–Kier alpha value is -1.91.